The summed E-state index contributed by atoms with van der Waals surface area (Å²) >= 11 is 0. The van der Waals surface area contributed by atoms with Crippen molar-refractivity contribution in [1.29, 1.82) is 0 Å². The molecule has 0 amide bonds. The maximum Gasteiger partial charge on any atom is 0.194 e. The fourth-order valence-electron chi connectivity index (χ4n) is 1.51. The molecule has 0 spiro atoms. The number of benzene rings is 1. The lowest BCUT2D eigenvalue weighted by atomic mass is 9.95. The Hall–Kier alpha value is -1.22. The first-order valence-electron chi connectivity index (χ1n) is 5.33. The molecule has 0 heterocycles. The van der Waals surface area contributed by atoms with Crippen LogP contribution in [0.5, 0.6) is 0 Å². The zero-order chi connectivity index (χ0) is 12.3. The summed E-state index contributed by atoms with van der Waals surface area (Å²) in [6.07, 6.45) is 0. The highest BCUT2D eigenvalue weighted by Crippen LogP contribution is 2.19. The van der Waals surface area contributed by atoms with Gasteiger partial charge in [0, 0.05) is 12.2 Å². The van der Waals surface area contributed by atoms with Crippen molar-refractivity contribution in [3.8, 4) is 0 Å². The molecular weight excluding hydrogens is 207 g/mol. The molecule has 0 aliphatic heterocycles. The van der Waals surface area contributed by atoms with Gasteiger partial charge in [0.1, 0.15) is 11.4 Å². The maximum atomic E-state index is 13.3. The van der Waals surface area contributed by atoms with Gasteiger partial charge in [-0.05, 0) is 39.3 Å². The van der Waals surface area contributed by atoms with E-state index in [2.05, 4.69) is 0 Å². The van der Waals surface area contributed by atoms with Crippen molar-refractivity contribution in [3.05, 3.63) is 35.1 Å². The first-order chi connectivity index (χ1) is 7.38. The second kappa shape index (κ2) is 4.74. The van der Waals surface area contributed by atoms with Crippen LogP contribution in [0.1, 0.15) is 36.7 Å². The van der Waals surface area contributed by atoms with Gasteiger partial charge in [-0.2, -0.15) is 0 Å². The van der Waals surface area contributed by atoms with Crippen LogP contribution in [0.2, 0.25) is 0 Å². The van der Waals surface area contributed by atoms with Crippen LogP contribution in [0.15, 0.2) is 18.2 Å². The normalized spacial score (nSPS) is 11.6. The van der Waals surface area contributed by atoms with Crippen molar-refractivity contribution in [1.82, 2.24) is 0 Å². The Balaban J connectivity index is 3.01. The molecule has 1 rings (SSSR count). The van der Waals surface area contributed by atoms with Gasteiger partial charge in [0.05, 0.1) is 0 Å². The minimum atomic E-state index is -0.906. The fraction of sp³-hybridized carbons (Fsp3) is 0.462. The van der Waals surface area contributed by atoms with Crippen molar-refractivity contribution in [2.45, 2.75) is 33.3 Å². The summed E-state index contributed by atoms with van der Waals surface area (Å²) in [5.41, 5.74) is -0.0245. The van der Waals surface area contributed by atoms with Crippen molar-refractivity contribution in [2.75, 3.05) is 6.61 Å². The maximum absolute atomic E-state index is 13.3. The van der Waals surface area contributed by atoms with E-state index in [1.54, 1.807) is 32.9 Å². The predicted molar refractivity (Wildman–Crippen MR) is 61.2 cm³/mol. The van der Waals surface area contributed by atoms with Crippen LogP contribution < -0.4 is 0 Å². The van der Waals surface area contributed by atoms with Crippen LogP contribution in [0.25, 0.3) is 0 Å². The van der Waals surface area contributed by atoms with E-state index < -0.39 is 5.60 Å². The molecule has 0 unspecified atom stereocenters. The molecule has 0 bridgehead atoms. The first kappa shape index (κ1) is 12.8. The molecule has 0 atom stereocenters. The summed E-state index contributed by atoms with van der Waals surface area (Å²) in [6, 6.07) is 4.49. The second-order valence-corrected chi connectivity index (χ2v) is 4.24. The number of hydrogen-bond donors (Lipinski definition) is 0. The zero-order valence-electron chi connectivity index (χ0n) is 10.1. The van der Waals surface area contributed by atoms with Crippen LogP contribution in [-0.4, -0.2) is 18.0 Å². The molecule has 0 N–H and O–H groups in total. The molecule has 2 nitrogen and oxygen atoms in total. The van der Waals surface area contributed by atoms with Crippen LogP contribution in [0.3, 0.4) is 0 Å². The standard InChI is InChI=1S/C13H17FO2/c1-5-16-13(3,4)12(15)10-7-6-9(2)11(14)8-10/h6-8H,5H2,1-4H3. The van der Waals surface area contributed by atoms with Crippen LogP contribution in [0.4, 0.5) is 4.39 Å². The van der Waals surface area contributed by atoms with E-state index >= 15 is 0 Å². The summed E-state index contributed by atoms with van der Waals surface area (Å²) in [6.45, 7) is 7.32. The number of ether oxygens (including phenoxy) is 1. The lowest BCUT2D eigenvalue weighted by Gasteiger charge is -2.23. The highest BCUT2D eigenvalue weighted by molar-refractivity contribution is 6.02. The molecule has 16 heavy (non-hydrogen) atoms. The average Bonchev–Trinajstić information content (AvgIpc) is 2.21. The highest BCUT2D eigenvalue weighted by Gasteiger charge is 2.29. The number of carbonyl (C=O) groups is 1. The van der Waals surface area contributed by atoms with Crippen LogP contribution in [0, 0.1) is 12.7 Å². The number of aryl methyl sites for hydroxylation is 1. The van der Waals surface area contributed by atoms with Crippen LogP contribution in [-0.2, 0) is 4.74 Å². The number of carbonyl (C=O) groups excluding carboxylic acids is 1. The molecule has 0 aromatic heterocycles. The third kappa shape index (κ3) is 2.67. The van der Waals surface area contributed by atoms with Crippen molar-refractivity contribution in [3.63, 3.8) is 0 Å². The van der Waals surface area contributed by atoms with E-state index in [-0.39, 0.29) is 11.6 Å². The molecule has 0 saturated heterocycles. The Morgan fingerprint density at radius 3 is 2.56 bits per heavy atom. The summed E-state index contributed by atoms with van der Waals surface area (Å²) in [5, 5.41) is 0. The number of hydrogen-bond acceptors (Lipinski definition) is 2. The molecule has 0 fully saturated rings. The molecule has 1 aromatic carbocycles. The van der Waals surface area contributed by atoms with Gasteiger partial charge in [-0.1, -0.05) is 12.1 Å². The number of rotatable bonds is 4. The lowest BCUT2D eigenvalue weighted by molar-refractivity contribution is 0.00123. The van der Waals surface area contributed by atoms with Crippen molar-refractivity contribution < 1.29 is 13.9 Å². The minimum Gasteiger partial charge on any atom is -0.368 e. The minimum absolute atomic E-state index is 0.201. The summed E-state index contributed by atoms with van der Waals surface area (Å²) < 4.78 is 18.7. The third-order valence-electron chi connectivity index (χ3n) is 2.49. The molecule has 0 aliphatic rings. The first-order valence-corrected chi connectivity index (χ1v) is 5.33. The monoisotopic (exact) mass is 224 g/mol. The molecule has 1 aromatic rings. The smallest absolute Gasteiger partial charge is 0.194 e. The van der Waals surface area contributed by atoms with Gasteiger partial charge in [0.25, 0.3) is 0 Å². The Bertz CT molecular complexity index is 397. The van der Waals surface area contributed by atoms with E-state index in [0.717, 1.165) is 0 Å². The fourth-order valence-corrected chi connectivity index (χ4v) is 1.51. The van der Waals surface area contributed by atoms with E-state index in [9.17, 15) is 9.18 Å². The van der Waals surface area contributed by atoms with Gasteiger partial charge >= 0.3 is 0 Å². The van der Waals surface area contributed by atoms with E-state index in [0.29, 0.717) is 17.7 Å². The Morgan fingerprint density at radius 2 is 2.06 bits per heavy atom. The van der Waals surface area contributed by atoms with Gasteiger partial charge in [-0.3, -0.25) is 4.79 Å². The Kier molecular flexibility index (Phi) is 3.81. The van der Waals surface area contributed by atoms with E-state index in [1.807, 2.05) is 6.92 Å². The van der Waals surface area contributed by atoms with Gasteiger partial charge < -0.3 is 4.74 Å². The van der Waals surface area contributed by atoms with Gasteiger partial charge in [-0.15, -0.1) is 0 Å². The second-order valence-electron chi connectivity index (χ2n) is 4.24. The summed E-state index contributed by atoms with van der Waals surface area (Å²) in [7, 11) is 0. The average molecular weight is 224 g/mol. The molecule has 3 heteroatoms. The van der Waals surface area contributed by atoms with Gasteiger partial charge in [0.15, 0.2) is 5.78 Å². The molecule has 0 radical (unpaired) electrons. The van der Waals surface area contributed by atoms with Crippen molar-refractivity contribution >= 4 is 5.78 Å². The van der Waals surface area contributed by atoms with E-state index in [4.69, 9.17) is 4.74 Å². The number of halogens is 1. The molecule has 0 saturated carbocycles. The van der Waals surface area contributed by atoms with Crippen LogP contribution >= 0.6 is 0 Å². The number of Topliss-reactive ketones (excluding diaryl/α,β-unsaturated/α-hetero) is 1. The van der Waals surface area contributed by atoms with Gasteiger partial charge in [0.2, 0.25) is 0 Å². The van der Waals surface area contributed by atoms with E-state index in [1.165, 1.54) is 6.07 Å². The van der Waals surface area contributed by atoms with Gasteiger partial charge in [-0.25, -0.2) is 4.39 Å². The predicted octanol–water partition coefficient (Wildman–Crippen LogP) is 3.13. The molecule has 88 valence electrons. The number of ketones is 1. The lowest BCUT2D eigenvalue weighted by Crippen LogP contribution is -2.35. The summed E-state index contributed by atoms with van der Waals surface area (Å²) in [4.78, 5) is 12.0. The SMILES string of the molecule is CCOC(C)(C)C(=O)c1ccc(C)c(F)c1. The Labute approximate surface area is 95.4 Å². The quantitative estimate of drug-likeness (QED) is 0.734. The molecular formula is C13H17FO2. The topological polar surface area (TPSA) is 26.3 Å². The van der Waals surface area contributed by atoms with Crippen molar-refractivity contribution in [2.24, 2.45) is 0 Å². The zero-order valence-corrected chi connectivity index (χ0v) is 10.1. The highest BCUT2D eigenvalue weighted by atomic mass is 19.1. The Morgan fingerprint density at radius 1 is 1.44 bits per heavy atom. The third-order valence-corrected chi connectivity index (χ3v) is 2.49. The molecule has 0 aliphatic carbocycles. The largest absolute Gasteiger partial charge is 0.368 e. The summed E-state index contributed by atoms with van der Waals surface area (Å²) in [5.74, 6) is -0.564.